The second-order valence-electron chi connectivity index (χ2n) is 23.1. The standard InChI is InChI=1S/C73H130O6/c1-4-7-10-13-16-19-22-25-28-31-33-34-35-36-37-38-39-40-41-43-45-48-51-54-57-60-63-66-72(75)78-69-70(68-77-71(74)65-62-59-56-53-50-47-44-30-27-24-21-18-15-12-9-6-3)79-73(76)67-64-61-58-55-52-49-46-42-32-29-26-23-20-17-14-11-8-5-2/h7,10,16,19,21,24-25,28,30,33-34,44,70H,4-6,8-9,11-15,17-18,20,22-23,26-27,29,31-32,35-43,45-69H2,1-3H3/b10-7-,19-16-,24-21-,28-25-,34-33-,44-30-. The fourth-order valence-corrected chi connectivity index (χ4v) is 10.1. The van der Waals surface area contributed by atoms with E-state index >= 15 is 0 Å². The highest BCUT2D eigenvalue weighted by Gasteiger charge is 2.19. The number of hydrogen-bond donors (Lipinski definition) is 0. The molecule has 1 unspecified atom stereocenters. The maximum absolute atomic E-state index is 12.9. The Morgan fingerprint density at radius 3 is 0.785 bits per heavy atom. The molecule has 0 amide bonds. The van der Waals surface area contributed by atoms with E-state index in [-0.39, 0.29) is 31.1 Å². The van der Waals surface area contributed by atoms with Crippen LogP contribution in [-0.4, -0.2) is 37.2 Å². The van der Waals surface area contributed by atoms with E-state index < -0.39 is 6.10 Å². The molecule has 0 bridgehead atoms. The molecule has 6 nitrogen and oxygen atoms in total. The van der Waals surface area contributed by atoms with Gasteiger partial charge in [0.15, 0.2) is 6.10 Å². The van der Waals surface area contributed by atoms with Crippen molar-refractivity contribution in [1.82, 2.24) is 0 Å². The van der Waals surface area contributed by atoms with E-state index in [0.717, 1.165) is 103 Å². The molecule has 0 N–H and O–H groups in total. The van der Waals surface area contributed by atoms with Gasteiger partial charge in [-0.15, -0.1) is 0 Å². The first-order valence-electron chi connectivity index (χ1n) is 34.4. The molecule has 0 spiro atoms. The van der Waals surface area contributed by atoms with Gasteiger partial charge in [-0.2, -0.15) is 0 Å². The summed E-state index contributed by atoms with van der Waals surface area (Å²) in [4.78, 5) is 38.4. The molecular formula is C73H130O6. The van der Waals surface area contributed by atoms with Gasteiger partial charge in [0, 0.05) is 19.3 Å². The molecule has 0 aliphatic heterocycles. The van der Waals surface area contributed by atoms with Gasteiger partial charge >= 0.3 is 17.9 Å². The van der Waals surface area contributed by atoms with Crippen molar-refractivity contribution in [2.45, 2.75) is 361 Å². The van der Waals surface area contributed by atoms with E-state index in [2.05, 4.69) is 93.7 Å². The van der Waals surface area contributed by atoms with Crippen molar-refractivity contribution in [2.75, 3.05) is 13.2 Å². The SMILES string of the molecule is CC/C=C\C/C=C\C/C=C\C/C=C\CCCCCCCCCCCCCCCCC(=O)OCC(COC(=O)CCCCCCC/C=C\C/C=C\CCCCCC)OC(=O)CCCCCCCCCCCCCCCCCCCC. The van der Waals surface area contributed by atoms with Crippen LogP contribution < -0.4 is 0 Å². The normalized spacial score (nSPS) is 12.5. The molecule has 458 valence electrons. The Bertz CT molecular complexity index is 1450. The molecule has 0 aliphatic rings. The zero-order chi connectivity index (χ0) is 57.1. The lowest BCUT2D eigenvalue weighted by atomic mass is 10.0. The first-order valence-corrected chi connectivity index (χ1v) is 34.4. The minimum atomic E-state index is -0.780. The van der Waals surface area contributed by atoms with Crippen LogP contribution in [0.2, 0.25) is 0 Å². The molecule has 0 saturated carbocycles. The van der Waals surface area contributed by atoms with Gasteiger partial charge in [0.05, 0.1) is 0 Å². The highest BCUT2D eigenvalue weighted by molar-refractivity contribution is 5.71. The number of carbonyl (C=O) groups is 3. The van der Waals surface area contributed by atoms with Crippen LogP contribution in [0.4, 0.5) is 0 Å². The maximum Gasteiger partial charge on any atom is 0.306 e. The van der Waals surface area contributed by atoms with Crippen LogP contribution in [0, 0.1) is 0 Å². The van der Waals surface area contributed by atoms with Crippen LogP contribution in [0.15, 0.2) is 72.9 Å². The molecule has 0 rings (SSSR count). The van der Waals surface area contributed by atoms with Crippen molar-refractivity contribution >= 4 is 17.9 Å². The van der Waals surface area contributed by atoms with Gasteiger partial charge in [-0.3, -0.25) is 14.4 Å². The van der Waals surface area contributed by atoms with Crippen molar-refractivity contribution in [2.24, 2.45) is 0 Å². The summed E-state index contributed by atoms with van der Waals surface area (Å²) >= 11 is 0. The minimum Gasteiger partial charge on any atom is -0.462 e. The molecule has 0 aliphatic carbocycles. The number of rotatable bonds is 63. The fourth-order valence-electron chi connectivity index (χ4n) is 10.1. The summed E-state index contributed by atoms with van der Waals surface area (Å²) in [6.45, 7) is 6.56. The van der Waals surface area contributed by atoms with E-state index in [1.54, 1.807) is 0 Å². The summed E-state index contributed by atoms with van der Waals surface area (Å²) in [6.07, 6.45) is 87.7. The predicted molar refractivity (Wildman–Crippen MR) is 344 cm³/mol. The van der Waals surface area contributed by atoms with E-state index in [0.29, 0.717) is 19.3 Å². The van der Waals surface area contributed by atoms with Crippen LogP contribution in [-0.2, 0) is 28.6 Å². The largest absolute Gasteiger partial charge is 0.462 e. The number of allylic oxidation sites excluding steroid dienone is 12. The molecule has 79 heavy (non-hydrogen) atoms. The van der Waals surface area contributed by atoms with Crippen molar-refractivity contribution < 1.29 is 28.6 Å². The van der Waals surface area contributed by atoms with Crippen molar-refractivity contribution in [3.05, 3.63) is 72.9 Å². The molecule has 0 aromatic heterocycles. The Kier molecular flexibility index (Phi) is 64.7. The second-order valence-corrected chi connectivity index (χ2v) is 23.1. The van der Waals surface area contributed by atoms with Crippen LogP contribution >= 0.6 is 0 Å². The Morgan fingerprint density at radius 2 is 0.494 bits per heavy atom. The lowest BCUT2D eigenvalue weighted by Gasteiger charge is -2.18. The van der Waals surface area contributed by atoms with Crippen LogP contribution in [0.25, 0.3) is 0 Å². The van der Waals surface area contributed by atoms with E-state index in [1.807, 2.05) is 0 Å². The molecule has 0 radical (unpaired) electrons. The number of carbonyl (C=O) groups excluding carboxylic acids is 3. The van der Waals surface area contributed by atoms with Gasteiger partial charge in [0.2, 0.25) is 0 Å². The third-order valence-electron chi connectivity index (χ3n) is 15.2. The topological polar surface area (TPSA) is 78.9 Å². The van der Waals surface area contributed by atoms with Gasteiger partial charge < -0.3 is 14.2 Å². The fraction of sp³-hybridized carbons (Fsp3) is 0.795. The highest BCUT2D eigenvalue weighted by Crippen LogP contribution is 2.18. The van der Waals surface area contributed by atoms with E-state index in [1.165, 1.54) is 212 Å². The molecule has 1 atom stereocenters. The third-order valence-corrected chi connectivity index (χ3v) is 15.2. The molecule has 0 fully saturated rings. The van der Waals surface area contributed by atoms with Crippen molar-refractivity contribution in [3.8, 4) is 0 Å². The van der Waals surface area contributed by atoms with Crippen LogP contribution in [0.5, 0.6) is 0 Å². The monoisotopic (exact) mass is 1100 g/mol. The van der Waals surface area contributed by atoms with E-state index in [9.17, 15) is 14.4 Å². The summed E-state index contributed by atoms with van der Waals surface area (Å²) in [6, 6.07) is 0. The molecule has 6 heteroatoms. The molecule has 0 aromatic carbocycles. The van der Waals surface area contributed by atoms with Crippen LogP contribution in [0.3, 0.4) is 0 Å². The van der Waals surface area contributed by atoms with E-state index in [4.69, 9.17) is 14.2 Å². The summed E-state index contributed by atoms with van der Waals surface area (Å²) in [7, 11) is 0. The summed E-state index contributed by atoms with van der Waals surface area (Å²) in [5.74, 6) is -0.868. The maximum atomic E-state index is 12.9. The predicted octanol–water partition coefficient (Wildman–Crippen LogP) is 23.7. The number of esters is 3. The quantitative estimate of drug-likeness (QED) is 0.0261. The molecule has 0 heterocycles. The average molecular weight is 1100 g/mol. The summed E-state index contributed by atoms with van der Waals surface area (Å²) in [5.41, 5.74) is 0. The zero-order valence-corrected chi connectivity index (χ0v) is 52.6. The zero-order valence-electron chi connectivity index (χ0n) is 52.6. The lowest BCUT2D eigenvalue weighted by Crippen LogP contribution is -2.30. The second kappa shape index (κ2) is 67.4. The Labute approximate surface area is 491 Å². The molecular weight excluding hydrogens is 973 g/mol. The Hall–Kier alpha value is -3.15. The Balaban J connectivity index is 4.29. The average Bonchev–Trinajstić information content (AvgIpc) is 3.45. The first-order chi connectivity index (χ1) is 39.0. The number of ether oxygens (including phenoxy) is 3. The number of hydrogen-bond acceptors (Lipinski definition) is 6. The smallest absolute Gasteiger partial charge is 0.306 e. The first kappa shape index (κ1) is 75.8. The Morgan fingerprint density at radius 1 is 0.266 bits per heavy atom. The molecule has 0 saturated heterocycles. The van der Waals surface area contributed by atoms with Gasteiger partial charge in [-0.25, -0.2) is 0 Å². The molecule has 0 aromatic rings. The van der Waals surface area contributed by atoms with Gasteiger partial charge in [0.1, 0.15) is 13.2 Å². The summed E-state index contributed by atoms with van der Waals surface area (Å²) in [5, 5.41) is 0. The van der Waals surface area contributed by atoms with Crippen LogP contribution in [0.1, 0.15) is 355 Å². The van der Waals surface area contributed by atoms with Gasteiger partial charge in [-0.1, -0.05) is 318 Å². The third kappa shape index (κ3) is 65.5. The highest BCUT2D eigenvalue weighted by atomic mass is 16.6. The van der Waals surface area contributed by atoms with Gasteiger partial charge in [-0.05, 0) is 89.9 Å². The number of unbranched alkanes of at least 4 members (excludes halogenated alkanes) is 40. The van der Waals surface area contributed by atoms with Crippen molar-refractivity contribution in [1.29, 1.82) is 0 Å². The van der Waals surface area contributed by atoms with Gasteiger partial charge in [0.25, 0.3) is 0 Å². The van der Waals surface area contributed by atoms with Crippen molar-refractivity contribution in [3.63, 3.8) is 0 Å². The lowest BCUT2D eigenvalue weighted by molar-refractivity contribution is -0.167. The summed E-state index contributed by atoms with van der Waals surface area (Å²) < 4.78 is 17.0. The minimum absolute atomic E-state index is 0.0760.